The highest BCUT2D eigenvalue weighted by molar-refractivity contribution is 5.96. The van der Waals surface area contributed by atoms with E-state index in [1.165, 1.54) is 12.1 Å². The van der Waals surface area contributed by atoms with Crippen molar-refractivity contribution in [2.45, 2.75) is 12.5 Å². The lowest BCUT2D eigenvalue weighted by atomic mass is 9.90. The molecule has 1 aliphatic heterocycles. The molecule has 1 heterocycles. The Bertz CT molecular complexity index is 509. The molecule has 1 unspecified atom stereocenters. The number of nitrogens with one attached hydrogen (secondary N) is 1. The summed E-state index contributed by atoms with van der Waals surface area (Å²) in [6.07, 6.45) is 0. The van der Waals surface area contributed by atoms with E-state index >= 15 is 0 Å². The molecular weight excluding hydrogens is 219 g/mol. The zero-order valence-electron chi connectivity index (χ0n) is 9.63. The number of nitrogens with zero attached hydrogens (tertiary/aromatic N) is 1. The van der Waals surface area contributed by atoms with E-state index in [1.54, 1.807) is 13.0 Å². The minimum Gasteiger partial charge on any atom is -0.399 e. The Hall–Kier alpha value is -2.04. The summed E-state index contributed by atoms with van der Waals surface area (Å²) in [5, 5.41) is 3.01. The number of aliphatic imine (C=N–C) groups is 1. The SMILES string of the molecule is C=C1NCC(C)(c2cc(N)ccc2F)N=C1N. The zero-order chi connectivity index (χ0) is 12.6. The topological polar surface area (TPSA) is 76.4 Å². The molecule has 0 radical (unpaired) electrons. The van der Waals surface area contributed by atoms with Gasteiger partial charge in [-0.1, -0.05) is 6.58 Å². The molecule has 1 aliphatic rings. The van der Waals surface area contributed by atoms with Crippen molar-refractivity contribution in [2.24, 2.45) is 10.7 Å². The average Bonchev–Trinajstić information content (AvgIpc) is 2.27. The molecule has 5 N–H and O–H groups in total. The Labute approximate surface area is 99.2 Å². The molecule has 1 aromatic carbocycles. The van der Waals surface area contributed by atoms with Crippen LogP contribution in [0.15, 0.2) is 35.5 Å². The fourth-order valence-electron chi connectivity index (χ4n) is 1.85. The molecule has 0 aromatic heterocycles. The summed E-state index contributed by atoms with van der Waals surface area (Å²) in [5.41, 5.74) is 12.1. The number of hydrogen-bond donors (Lipinski definition) is 3. The standard InChI is InChI=1S/C12H15FN4/c1-7-11(15)17-12(2,6-16-7)9-5-8(14)3-4-10(9)13/h3-5,16H,1,6,14H2,2H3,(H2,15,17). The fourth-order valence-corrected chi connectivity index (χ4v) is 1.85. The Balaban J connectivity index is 2.52. The Morgan fingerprint density at radius 2 is 2.18 bits per heavy atom. The van der Waals surface area contributed by atoms with E-state index in [9.17, 15) is 4.39 Å². The molecule has 1 aromatic rings. The van der Waals surface area contributed by atoms with Gasteiger partial charge < -0.3 is 16.8 Å². The van der Waals surface area contributed by atoms with Crippen LogP contribution in [0.2, 0.25) is 0 Å². The Morgan fingerprint density at radius 1 is 1.47 bits per heavy atom. The predicted molar refractivity (Wildman–Crippen MR) is 66.9 cm³/mol. The second-order valence-corrected chi connectivity index (χ2v) is 4.34. The number of nitrogens with two attached hydrogens (primary N) is 2. The number of rotatable bonds is 1. The van der Waals surface area contributed by atoms with Crippen LogP contribution in [-0.2, 0) is 5.54 Å². The van der Waals surface area contributed by atoms with Crippen molar-refractivity contribution in [2.75, 3.05) is 12.3 Å². The van der Waals surface area contributed by atoms with Crippen LogP contribution in [-0.4, -0.2) is 12.4 Å². The number of nitrogen functional groups attached to an aromatic ring is 1. The second-order valence-electron chi connectivity index (χ2n) is 4.34. The molecule has 0 saturated carbocycles. The molecule has 4 nitrogen and oxygen atoms in total. The predicted octanol–water partition coefficient (Wildman–Crippen LogP) is 1.10. The first-order valence-corrected chi connectivity index (χ1v) is 5.26. The van der Waals surface area contributed by atoms with Gasteiger partial charge in [0.25, 0.3) is 0 Å². The van der Waals surface area contributed by atoms with Crippen molar-refractivity contribution in [3.05, 3.63) is 41.9 Å². The molecule has 5 heteroatoms. The largest absolute Gasteiger partial charge is 0.399 e. The van der Waals surface area contributed by atoms with E-state index in [4.69, 9.17) is 11.5 Å². The molecule has 2 rings (SSSR count). The van der Waals surface area contributed by atoms with Crippen molar-refractivity contribution in [3.8, 4) is 0 Å². The van der Waals surface area contributed by atoms with Crippen molar-refractivity contribution < 1.29 is 4.39 Å². The molecular formula is C12H15FN4. The van der Waals surface area contributed by atoms with E-state index in [-0.39, 0.29) is 5.82 Å². The third-order valence-corrected chi connectivity index (χ3v) is 2.89. The molecule has 90 valence electrons. The van der Waals surface area contributed by atoms with Gasteiger partial charge in [0.05, 0.1) is 5.70 Å². The van der Waals surface area contributed by atoms with Crippen LogP contribution in [0.25, 0.3) is 0 Å². The smallest absolute Gasteiger partial charge is 0.142 e. The first-order valence-electron chi connectivity index (χ1n) is 5.26. The molecule has 0 fully saturated rings. The monoisotopic (exact) mass is 234 g/mol. The summed E-state index contributed by atoms with van der Waals surface area (Å²) in [7, 11) is 0. The van der Waals surface area contributed by atoms with Crippen LogP contribution < -0.4 is 16.8 Å². The fraction of sp³-hybridized carbons (Fsp3) is 0.250. The normalized spacial score (nSPS) is 24.1. The lowest BCUT2D eigenvalue weighted by molar-refractivity contribution is 0.436. The molecule has 17 heavy (non-hydrogen) atoms. The van der Waals surface area contributed by atoms with Crippen LogP contribution in [0.4, 0.5) is 10.1 Å². The summed E-state index contributed by atoms with van der Waals surface area (Å²) >= 11 is 0. The molecule has 0 amide bonds. The summed E-state index contributed by atoms with van der Waals surface area (Å²) in [6.45, 7) is 5.95. The maximum absolute atomic E-state index is 13.8. The van der Waals surface area contributed by atoms with Gasteiger partial charge >= 0.3 is 0 Å². The number of benzene rings is 1. The highest BCUT2D eigenvalue weighted by Crippen LogP contribution is 2.31. The quantitative estimate of drug-likeness (QED) is 0.637. The van der Waals surface area contributed by atoms with Crippen molar-refractivity contribution >= 4 is 11.5 Å². The van der Waals surface area contributed by atoms with Gasteiger partial charge in [-0.25, -0.2) is 4.39 Å². The maximum Gasteiger partial charge on any atom is 0.142 e. The van der Waals surface area contributed by atoms with Gasteiger partial charge in [0, 0.05) is 17.8 Å². The third-order valence-electron chi connectivity index (χ3n) is 2.89. The highest BCUT2D eigenvalue weighted by atomic mass is 19.1. The minimum atomic E-state index is -0.759. The van der Waals surface area contributed by atoms with E-state index in [2.05, 4.69) is 16.9 Å². The van der Waals surface area contributed by atoms with Crippen LogP contribution >= 0.6 is 0 Å². The summed E-state index contributed by atoms with van der Waals surface area (Å²) in [6, 6.07) is 4.44. The molecule has 0 bridgehead atoms. The number of halogens is 1. The van der Waals surface area contributed by atoms with Crippen LogP contribution in [0.1, 0.15) is 12.5 Å². The first kappa shape index (κ1) is 11.4. The Kier molecular flexibility index (Phi) is 2.53. The maximum atomic E-state index is 13.8. The van der Waals surface area contributed by atoms with Crippen LogP contribution in [0.3, 0.4) is 0 Å². The van der Waals surface area contributed by atoms with Crippen LogP contribution in [0, 0.1) is 5.82 Å². The van der Waals surface area contributed by atoms with Gasteiger partial charge in [-0.05, 0) is 25.1 Å². The summed E-state index contributed by atoms with van der Waals surface area (Å²) in [4.78, 5) is 4.30. The van der Waals surface area contributed by atoms with Gasteiger partial charge in [0.1, 0.15) is 17.2 Å². The van der Waals surface area contributed by atoms with E-state index in [1.807, 2.05) is 0 Å². The Morgan fingerprint density at radius 3 is 2.82 bits per heavy atom. The van der Waals surface area contributed by atoms with E-state index < -0.39 is 5.54 Å². The third kappa shape index (κ3) is 1.95. The molecule has 0 spiro atoms. The number of hydrogen-bond acceptors (Lipinski definition) is 4. The molecule has 0 saturated heterocycles. The average molecular weight is 234 g/mol. The van der Waals surface area contributed by atoms with Gasteiger partial charge in [0.15, 0.2) is 0 Å². The lowest BCUT2D eigenvalue weighted by Gasteiger charge is -2.32. The van der Waals surface area contributed by atoms with Gasteiger partial charge in [-0.15, -0.1) is 0 Å². The lowest BCUT2D eigenvalue weighted by Crippen LogP contribution is -2.44. The second kappa shape index (κ2) is 3.76. The van der Waals surface area contributed by atoms with Crippen molar-refractivity contribution in [1.29, 1.82) is 0 Å². The number of amidine groups is 1. The summed E-state index contributed by atoms with van der Waals surface area (Å²) in [5.74, 6) is -0.0480. The van der Waals surface area contributed by atoms with Gasteiger partial charge in [0.2, 0.25) is 0 Å². The van der Waals surface area contributed by atoms with Crippen molar-refractivity contribution in [1.82, 2.24) is 5.32 Å². The van der Waals surface area contributed by atoms with E-state index in [0.717, 1.165) is 0 Å². The highest BCUT2D eigenvalue weighted by Gasteiger charge is 2.32. The number of anilines is 1. The zero-order valence-corrected chi connectivity index (χ0v) is 9.63. The molecule has 0 aliphatic carbocycles. The van der Waals surface area contributed by atoms with Gasteiger partial charge in [-0.3, -0.25) is 4.99 Å². The summed E-state index contributed by atoms with van der Waals surface area (Å²) < 4.78 is 13.8. The van der Waals surface area contributed by atoms with Gasteiger partial charge in [-0.2, -0.15) is 0 Å². The molecule has 1 atom stereocenters. The van der Waals surface area contributed by atoms with Crippen molar-refractivity contribution in [3.63, 3.8) is 0 Å². The van der Waals surface area contributed by atoms with E-state index in [0.29, 0.717) is 29.3 Å². The minimum absolute atomic E-state index is 0.292. The van der Waals surface area contributed by atoms with Crippen LogP contribution in [0.5, 0.6) is 0 Å². The first-order chi connectivity index (χ1) is 7.92.